The lowest BCUT2D eigenvalue weighted by molar-refractivity contribution is -0.0458. The molecule has 1 aliphatic carbocycles. The molecule has 0 atom stereocenters. The summed E-state index contributed by atoms with van der Waals surface area (Å²) in [7, 11) is 0. The molecule has 2 rings (SSSR count). The van der Waals surface area contributed by atoms with Crippen molar-refractivity contribution in [3.63, 3.8) is 0 Å². The van der Waals surface area contributed by atoms with Crippen LogP contribution in [0.3, 0.4) is 0 Å². The molecule has 0 saturated heterocycles. The highest BCUT2D eigenvalue weighted by Gasteiger charge is 2.38. The lowest BCUT2D eigenvalue weighted by atomic mass is 10.0. The number of H-pyrrole nitrogens is 1. The van der Waals surface area contributed by atoms with Gasteiger partial charge in [-0.3, -0.25) is 0 Å². The summed E-state index contributed by atoms with van der Waals surface area (Å²) in [6.07, 6.45) is 4.50. The Hall–Kier alpha value is -0.740. The number of aromatic nitrogens is 2. The minimum Gasteiger partial charge on any atom is -0.367 e. The van der Waals surface area contributed by atoms with Crippen LogP contribution in [0.4, 0.5) is 0 Å². The molecule has 0 bridgehead atoms. The molecule has 0 aromatic carbocycles. The molecule has 16 heavy (non-hydrogen) atoms. The number of aryl methyl sites for hydroxylation is 1. The molecule has 1 aromatic rings. The SMILES string of the molecule is CCOC1(c2nc(=S)cc(C)[nH]2)CCCC1. The van der Waals surface area contributed by atoms with Crippen LogP contribution in [0.1, 0.15) is 44.1 Å². The molecule has 88 valence electrons. The Morgan fingerprint density at radius 3 is 2.75 bits per heavy atom. The van der Waals surface area contributed by atoms with Gasteiger partial charge in [0.15, 0.2) is 0 Å². The summed E-state index contributed by atoms with van der Waals surface area (Å²) in [4.78, 5) is 7.75. The lowest BCUT2D eigenvalue weighted by Crippen LogP contribution is -2.29. The third-order valence-corrected chi connectivity index (χ3v) is 3.35. The molecule has 0 amide bonds. The van der Waals surface area contributed by atoms with Crippen molar-refractivity contribution in [1.29, 1.82) is 0 Å². The predicted molar refractivity (Wildman–Crippen MR) is 65.9 cm³/mol. The molecule has 1 aliphatic rings. The summed E-state index contributed by atoms with van der Waals surface area (Å²) in [6, 6.07) is 1.88. The van der Waals surface area contributed by atoms with Gasteiger partial charge in [0.1, 0.15) is 16.1 Å². The van der Waals surface area contributed by atoms with E-state index in [4.69, 9.17) is 17.0 Å². The van der Waals surface area contributed by atoms with Gasteiger partial charge in [-0.15, -0.1) is 0 Å². The maximum Gasteiger partial charge on any atom is 0.140 e. The van der Waals surface area contributed by atoms with Crippen molar-refractivity contribution < 1.29 is 4.74 Å². The van der Waals surface area contributed by atoms with Gasteiger partial charge in [0.2, 0.25) is 0 Å². The van der Waals surface area contributed by atoms with Crippen molar-refractivity contribution in [3.8, 4) is 0 Å². The second-order valence-electron chi connectivity index (χ2n) is 4.39. The summed E-state index contributed by atoms with van der Waals surface area (Å²) in [5.41, 5.74) is 0.843. The van der Waals surface area contributed by atoms with Crippen LogP contribution in [0.2, 0.25) is 0 Å². The van der Waals surface area contributed by atoms with E-state index in [0.717, 1.165) is 31.0 Å². The van der Waals surface area contributed by atoms with Gasteiger partial charge in [-0.2, -0.15) is 0 Å². The average molecular weight is 238 g/mol. The Morgan fingerprint density at radius 1 is 1.50 bits per heavy atom. The van der Waals surface area contributed by atoms with Gasteiger partial charge < -0.3 is 9.72 Å². The first kappa shape index (κ1) is 11.7. The van der Waals surface area contributed by atoms with Crippen LogP contribution in [-0.4, -0.2) is 16.6 Å². The minimum atomic E-state index is -0.214. The highest BCUT2D eigenvalue weighted by Crippen LogP contribution is 2.40. The van der Waals surface area contributed by atoms with E-state index < -0.39 is 0 Å². The maximum absolute atomic E-state index is 5.95. The number of nitrogens with zero attached hydrogens (tertiary/aromatic N) is 1. The summed E-state index contributed by atoms with van der Waals surface area (Å²) >= 11 is 5.17. The van der Waals surface area contributed by atoms with Crippen LogP contribution in [0.15, 0.2) is 6.07 Å². The zero-order chi connectivity index (χ0) is 11.6. The largest absolute Gasteiger partial charge is 0.367 e. The van der Waals surface area contributed by atoms with Crippen molar-refractivity contribution >= 4 is 12.2 Å². The number of hydrogen-bond acceptors (Lipinski definition) is 3. The van der Waals surface area contributed by atoms with Crippen molar-refractivity contribution in [2.45, 2.75) is 45.1 Å². The molecule has 1 heterocycles. The van der Waals surface area contributed by atoms with E-state index in [2.05, 4.69) is 9.97 Å². The van der Waals surface area contributed by atoms with Crippen LogP contribution in [0.5, 0.6) is 0 Å². The summed E-state index contributed by atoms with van der Waals surface area (Å²) < 4.78 is 6.60. The van der Waals surface area contributed by atoms with Gasteiger partial charge >= 0.3 is 0 Å². The van der Waals surface area contributed by atoms with E-state index in [9.17, 15) is 0 Å². The van der Waals surface area contributed by atoms with Crippen molar-refractivity contribution in [1.82, 2.24) is 9.97 Å². The van der Waals surface area contributed by atoms with E-state index in [0.29, 0.717) is 4.64 Å². The van der Waals surface area contributed by atoms with Crippen LogP contribution >= 0.6 is 12.2 Å². The fourth-order valence-corrected chi connectivity index (χ4v) is 2.73. The zero-order valence-electron chi connectivity index (χ0n) is 9.88. The van der Waals surface area contributed by atoms with Crippen LogP contribution in [0, 0.1) is 11.6 Å². The Bertz CT molecular complexity index is 421. The maximum atomic E-state index is 5.95. The van der Waals surface area contributed by atoms with E-state index in [1.54, 1.807) is 0 Å². The van der Waals surface area contributed by atoms with Gasteiger partial charge in [-0.1, -0.05) is 12.2 Å². The number of aromatic amines is 1. The molecule has 0 aliphatic heterocycles. The molecule has 0 unspecified atom stereocenters. The van der Waals surface area contributed by atoms with Crippen molar-refractivity contribution in [2.75, 3.05) is 6.61 Å². The Labute approximate surface area is 101 Å². The monoisotopic (exact) mass is 238 g/mol. The Morgan fingerprint density at radius 2 is 2.19 bits per heavy atom. The van der Waals surface area contributed by atoms with Gasteiger partial charge in [-0.05, 0) is 45.6 Å². The van der Waals surface area contributed by atoms with Crippen LogP contribution in [-0.2, 0) is 10.3 Å². The minimum absolute atomic E-state index is 0.214. The molecule has 1 aromatic heterocycles. The molecule has 0 spiro atoms. The number of rotatable bonds is 3. The summed E-state index contributed by atoms with van der Waals surface area (Å²) in [5, 5.41) is 0. The lowest BCUT2D eigenvalue weighted by Gasteiger charge is -2.28. The molecular formula is C12H18N2OS. The summed E-state index contributed by atoms with van der Waals surface area (Å²) in [5.74, 6) is 0.914. The average Bonchev–Trinajstić information content (AvgIpc) is 2.66. The fourth-order valence-electron chi connectivity index (χ4n) is 2.47. The molecule has 1 N–H and O–H groups in total. The standard InChI is InChI=1S/C12H18N2OS/c1-3-15-12(6-4-5-7-12)11-13-9(2)8-10(16)14-11/h8H,3-7H2,1-2H3,(H,13,14,16). The molecule has 3 nitrogen and oxygen atoms in total. The number of nitrogens with one attached hydrogen (secondary N) is 1. The molecule has 1 fully saturated rings. The molecule has 0 radical (unpaired) electrons. The first-order valence-electron chi connectivity index (χ1n) is 5.89. The smallest absolute Gasteiger partial charge is 0.140 e. The van der Waals surface area contributed by atoms with E-state index in [1.807, 2.05) is 19.9 Å². The quantitative estimate of drug-likeness (QED) is 0.821. The normalized spacial score (nSPS) is 18.9. The highest BCUT2D eigenvalue weighted by atomic mass is 32.1. The van der Waals surface area contributed by atoms with E-state index >= 15 is 0 Å². The van der Waals surface area contributed by atoms with Gasteiger partial charge in [0.25, 0.3) is 0 Å². The second-order valence-corrected chi connectivity index (χ2v) is 4.80. The van der Waals surface area contributed by atoms with Crippen LogP contribution in [0.25, 0.3) is 0 Å². The number of hydrogen-bond donors (Lipinski definition) is 1. The highest BCUT2D eigenvalue weighted by molar-refractivity contribution is 7.71. The molecule has 4 heteroatoms. The van der Waals surface area contributed by atoms with Gasteiger partial charge in [0, 0.05) is 12.3 Å². The van der Waals surface area contributed by atoms with E-state index in [-0.39, 0.29) is 5.60 Å². The van der Waals surface area contributed by atoms with Crippen molar-refractivity contribution in [3.05, 3.63) is 22.2 Å². The summed E-state index contributed by atoms with van der Waals surface area (Å²) in [6.45, 7) is 4.76. The van der Waals surface area contributed by atoms with E-state index in [1.165, 1.54) is 12.8 Å². The number of ether oxygens (including phenoxy) is 1. The Kier molecular flexibility index (Phi) is 3.40. The van der Waals surface area contributed by atoms with Crippen LogP contribution < -0.4 is 0 Å². The topological polar surface area (TPSA) is 37.9 Å². The molecule has 1 saturated carbocycles. The third kappa shape index (κ3) is 2.18. The molecular weight excluding hydrogens is 220 g/mol. The Balaban J connectivity index is 2.42. The third-order valence-electron chi connectivity index (χ3n) is 3.14. The van der Waals surface area contributed by atoms with Crippen molar-refractivity contribution in [2.24, 2.45) is 0 Å². The predicted octanol–water partition coefficient (Wildman–Crippen LogP) is 3.25. The second kappa shape index (κ2) is 4.63. The first-order chi connectivity index (χ1) is 7.66. The fraction of sp³-hybridized carbons (Fsp3) is 0.667. The zero-order valence-corrected chi connectivity index (χ0v) is 10.7. The first-order valence-corrected chi connectivity index (χ1v) is 6.29. The van der Waals surface area contributed by atoms with Gasteiger partial charge in [0.05, 0.1) is 0 Å². The van der Waals surface area contributed by atoms with Gasteiger partial charge in [-0.25, -0.2) is 4.98 Å².